The fourth-order valence-corrected chi connectivity index (χ4v) is 3.49. The Morgan fingerprint density at radius 3 is 2.50 bits per heavy atom. The van der Waals surface area contributed by atoms with Crippen molar-refractivity contribution in [3.8, 4) is 5.75 Å². The van der Waals surface area contributed by atoms with Gasteiger partial charge in [0.15, 0.2) is 0 Å². The number of rotatable bonds is 7. The number of nitrogens with one attached hydrogen (secondary N) is 1. The number of nitrogens with zero attached hydrogens (tertiary/aromatic N) is 1. The van der Waals surface area contributed by atoms with Gasteiger partial charge in [0.05, 0.1) is 7.11 Å². The Balaban J connectivity index is 2.21. The van der Waals surface area contributed by atoms with Crippen molar-refractivity contribution in [1.82, 2.24) is 9.62 Å². The Bertz CT molecular complexity index is 794. The van der Waals surface area contributed by atoms with Crippen molar-refractivity contribution in [2.24, 2.45) is 0 Å². The zero-order valence-corrected chi connectivity index (χ0v) is 14.7. The Labute approximate surface area is 142 Å². The van der Waals surface area contributed by atoms with E-state index in [1.54, 1.807) is 7.11 Å². The summed E-state index contributed by atoms with van der Waals surface area (Å²) in [5.74, 6) is -0.0795. The Morgan fingerprint density at radius 2 is 1.88 bits per heavy atom. The van der Waals surface area contributed by atoms with Crippen LogP contribution in [0.4, 0.5) is 4.39 Å². The highest BCUT2D eigenvalue weighted by atomic mass is 32.2. The normalized spacial score (nSPS) is 13.0. The molecule has 0 saturated carbocycles. The van der Waals surface area contributed by atoms with Crippen LogP contribution >= 0.6 is 0 Å². The van der Waals surface area contributed by atoms with Crippen LogP contribution in [0.25, 0.3) is 0 Å². The third-order valence-corrected chi connectivity index (χ3v) is 5.15. The molecule has 130 valence electrons. The van der Waals surface area contributed by atoms with Crippen LogP contribution in [0.2, 0.25) is 0 Å². The number of hydrogen-bond acceptors (Lipinski definition) is 4. The predicted octanol–water partition coefficient (Wildman–Crippen LogP) is 2.42. The van der Waals surface area contributed by atoms with Crippen LogP contribution in [0, 0.1) is 5.82 Å². The smallest absolute Gasteiger partial charge is 0.243 e. The van der Waals surface area contributed by atoms with E-state index in [0.717, 1.165) is 11.6 Å². The van der Waals surface area contributed by atoms with Crippen LogP contribution in [0.1, 0.15) is 11.6 Å². The molecule has 0 saturated heterocycles. The standard InChI is InChI=1S/C17H21FN2O3S/c1-20(2)16(13-7-6-8-14(11-13)23-3)12-19-24(21,22)17-10-5-4-9-15(17)18/h4-11,16,19H,12H2,1-3H3/t16-/m1/s1. The summed E-state index contributed by atoms with van der Waals surface area (Å²) in [6.07, 6.45) is 0. The van der Waals surface area contributed by atoms with Gasteiger partial charge >= 0.3 is 0 Å². The van der Waals surface area contributed by atoms with Crippen LogP contribution in [0.15, 0.2) is 53.4 Å². The molecule has 0 unspecified atom stereocenters. The Hall–Kier alpha value is -1.96. The number of benzene rings is 2. The zero-order chi connectivity index (χ0) is 17.7. The molecule has 24 heavy (non-hydrogen) atoms. The lowest BCUT2D eigenvalue weighted by molar-refractivity contribution is 0.298. The first-order valence-electron chi connectivity index (χ1n) is 7.39. The van der Waals surface area contributed by atoms with Gasteiger partial charge in [0.2, 0.25) is 10.0 Å². The highest BCUT2D eigenvalue weighted by molar-refractivity contribution is 7.89. The molecule has 1 atom stereocenters. The number of sulfonamides is 1. The van der Waals surface area contributed by atoms with E-state index in [2.05, 4.69) is 4.72 Å². The van der Waals surface area contributed by atoms with E-state index in [9.17, 15) is 12.8 Å². The first-order chi connectivity index (χ1) is 11.3. The summed E-state index contributed by atoms with van der Waals surface area (Å²) in [6, 6.07) is 12.5. The molecule has 2 rings (SSSR count). The Kier molecular flexibility index (Phi) is 5.93. The van der Waals surface area contributed by atoms with Gasteiger partial charge in [0.25, 0.3) is 0 Å². The molecule has 0 heterocycles. The monoisotopic (exact) mass is 352 g/mol. The molecule has 0 fully saturated rings. The topological polar surface area (TPSA) is 58.6 Å². The van der Waals surface area contributed by atoms with Crippen molar-refractivity contribution in [2.45, 2.75) is 10.9 Å². The molecular weight excluding hydrogens is 331 g/mol. The largest absolute Gasteiger partial charge is 0.497 e. The molecule has 0 aliphatic rings. The molecule has 0 radical (unpaired) electrons. The van der Waals surface area contributed by atoms with E-state index in [-0.39, 0.29) is 17.5 Å². The zero-order valence-electron chi connectivity index (χ0n) is 13.9. The molecule has 0 aliphatic carbocycles. The SMILES string of the molecule is COc1cccc([C@@H](CNS(=O)(=O)c2ccccc2F)N(C)C)c1. The third kappa shape index (κ3) is 4.31. The second-order valence-corrected chi connectivity index (χ2v) is 7.27. The van der Waals surface area contributed by atoms with Gasteiger partial charge in [-0.3, -0.25) is 0 Å². The van der Waals surface area contributed by atoms with E-state index >= 15 is 0 Å². The number of halogens is 1. The summed E-state index contributed by atoms with van der Waals surface area (Å²) < 4.78 is 46.1. The second-order valence-electron chi connectivity index (χ2n) is 5.54. The van der Waals surface area contributed by atoms with E-state index in [4.69, 9.17) is 4.74 Å². The van der Waals surface area contributed by atoms with Gasteiger partial charge in [-0.05, 0) is 43.9 Å². The van der Waals surface area contributed by atoms with Gasteiger partial charge in [-0.25, -0.2) is 17.5 Å². The molecule has 7 heteroatoms. The fraction of sp³-hybridized carbons (Fsp3) is 0.294. The van der Waals surface area contributed by atoms with Crippen molar-refractivity contribution in [3.05, 3.63) is 59.9 Å². The molecular formula is C17H21FN2O3S. The molecule has 2 aromatic rings. The van der Waals surface area contributed by atoms with Crippen molar-refractivity contribution < 1.29 is 17.5 Å². The van der Waals surface area contributed by atoms with Crippen LogP contribution in [0.5, 0.6) is 5.75 Å². The number of ether oxygens (including phenoxy) is 1. The van der Waals surface area contributed by atoms with Gasteiger partial charge in [-0.15, -0.1) is 0 Å². The highest BCUT2D eigenvalue weighted by Gasteiger charge is 2.22. The summed E-state index contributed by atoms with van der Waals surface area (Å²) in [7, 11) is 1.35. The van der Waals surface area contributed by atoms with Crippen LogP contribution in [-0.2, 0) is 10.0 Å². The molecule has 0 bridgehead atoms. The molecule has 1 N–H and O–H groups in total. The van der Waals surface area contributed by atoms with Gasteiger partial charge in [-0.1, -0.05) is 24.3 Å². The van der Waals surface area contributed by atoms with E-state index in [1.165, 1.54) is 18.2 Å². The van der Waals surface area contributed by atoms with Gasteiger partial charge in [0.1, 0.15) is 16.5 Å². The average molecular weight is 352 g/mol. The summed E-state index contributed by atoms with van der Waals surface area (Å²) in [5.41, 5.74) is 0.899. The van der Waals surface area contributed by atoms with Gasteiger partial charge in [-0.2, -0.15) is 0 Å². The van der Waals surface area contributed by atoms with Crippen molar-refractivity contribution in [3.63, 3.8) is 0 Å². The van der Waals surface area contributed by atoms with Crippen LogP contribution in [-0.4, -0.2) is 41.1 Å². The van der Waals surface area contributed by atoms with Crippen molar-refractivity contribution in [2.75, 3.05) is 27.7 Å². The molecule has 0 amide bonds. The minimum Gasteiger partial charge on any atom is -0.497 e. The summed E-state index contributed by atoms with van der Waals surface area (Å²) in [4.78, 5) is 1.53. The number of likely N-dealkylation sites (N-methyl/N-ethyl adjacent to an activating group) is 1. The molecule has 0 aromatic heterocycles. The summed E-state index contributed by atoms with van der Waals surface area (Å²) in [6.45, 7) is 0.108. The lowest BCUT2D eigenvalue weighted by Crippen LogP contribution is -2.34. The lowest BCUT2D eigenvalue weighted by Gasteiger charge is -2.25. The maximum absolute atomic E-state index is 13.7. The molecule has 5 nitrogen and oxygen atoms in total. The maximum Gasteiger partial charge on any atom is 0.243 e. The fourth-order valence-electron chi connectivity index (χ4n) is 2.38. The predicted molar refractivity (Wildman–Crippen MR) is 91.0 cm³/mol. The first-order valence-corrected chi connectivity index (χ1v) is 8.88. The third-order valence-electron chi connectivity index (χ3n) is 3.69. The maximum atomic E-state index is 13.7. The lowest BCUT2D eigenvalue weighted by atomic mass is 10.1. The number of methoxy groups -OCH3 is 1. The molecule has 2 aromatic carbocycles. The van der Waals surface area contributed by atoms with Crippen LogP contribution < -0.4 is 9.46 Å². The van der Waals surface area contributed by atoms with Gasteiger partial charge < -0.3 is 9.64 Å². The summed E-state index contributed by atoms with van der Waals surface area (Å²) >= 11 is 0. The van der Waals surface area contributed by atoms with E-state index in [0.29, 0.717) is 5.75 Å². The van der Waals surface area contributed by atoms with Crippen LogP contribution in [0.3, 0.4) is 0 Å². The minimum atomic E-state index is -3.93. The van der Waals surface area contributed by atoms with E-state index in [1.807, 2.05) is 43.3 Å². The van der Waals surface area contributed by atoms with Crippen molar-refractivity contribution >= 4 is 10.0 Å². The highest BCUT2D eigenvalue weighted by Crippen LogP contribution is 2.23. The number of hydrogen-bond donors (Lipinski definition) is 1. The molecule has 0 spiro atoms. The second kappa shape index (κ2) is 7.74. The van der Waals surface area contributed by atoms with E-state index < -0.39 is 15.8 Å². The Morgan fingerprint density at radius 1 is 1.17 bits per heavy atom. The van der Waals surface area contributed by atoms with Gasteiger partial charge in [0, 0.05) is 12.6 Å². The first kappa shape index (κ1) is 18.4. The summed E-state index contributed by atoms with van der Waals surface area (Å²) in [5, 5.41) is 0. The van der Waals surface area contributed by atoms with Crippen molar-refractivity contribution in [1.29, 1.82) is 0 Å². The molecule has 0 aliphatic heterocycles. The quantitative estimate of drug-likeness (QED) is 0.831. The average Bonchev–Trinajstić information content (AvgIpc) is 2.55. The minimum absolute atomic E-state index is 0.108.